The van der Waals surface area contributed by atoms with E-state index in [2.05, 4.69) is 29.4 Å². The van der Waals surface area contributed by atoms with Crippen molar-refractivity contribution in [3.8, 4) is 0 Å². The molecular formula is C22H28N6O2S. The van der Waals surface area contributed by atoms with Gasteiger partial charge in [0.2, 0.25) is 17.6 Å². The van der Waals surface area contributed by atoms with Gasteiger partial charge in [-0.15, -0.1) is 10.2 Å². The van der Waals surface area contributed by atoms with Gasteiger partial charge in [-0.3, -0.25) is 18.6 Å². The van der Waals surface area contributed by atoms with Crippen LogP contribution in [0, 0.1) is 0 Å². The SMILES string of the molecule is C[C@@H]1CCC[C@@H](C)N1C(=O)Cn1c2ccccc2n2c(SCC(=O)NC3CC3)nnc12. The van der Waals surface area contributed by atoms with Crippen LogP contribution >= 0.6 is 11.8 Å². The molecule has 5 rings (SSSR count). The number of nitrogens with zero attached hydrogens (tertiary/aromatic N) is 5. The summed E-state index contributed by atoms with van der Waals surface area (Å²) in [5.41, 5.74) is 1.89. The molecule has 2 aliphatic rings. The van der Waals surface area contributed by atoms with Crippen molar-refractivity contribution in [2.24, 2.45) is 0 Å². The predicted molar refractivity (Wildman–Crippen MR) is 120 cm³/mol. The molecule has 1 N–H and O–H groups in total. The molecule has 164 valence electrons. The zero-order valence-electron chi connectivity index (χ0n) is 18.0. The molecule has 1 saturated carbocycles. The summed E-state index contributed by atoms with van der Waals surface area (Å²) in [6.45, 7) is 4.50. The van der Waals surface area contributed by atoms with Crippen LogP contribution in [0.1, 0.15) is 46.0 Å². The molecule has 2 atom stereocenters. The first-order chi connectivity index (χ1) is 15.0. The van der Waals surface area contributed by atoms with Crippen LogP contribution in [0.2, 0.25) is 0 Å². The van der Waals surface area contributed by atoms with E-state index in [0.717, 1.165) is 36.7 Å². The molecule has 9 heteroatoms. The van der Waals surface area contributed by atoms with Gasteiger partial charge in [0.1, 0.15) is 6.54 Å². The van der Waals surface area contributed by atoms with Gasteiger partial charge in [-0.05, 0) is 58.1 Å². The molecular weight excluding hydrogens is 412 g/mol. The van der Waals surface area contributed by atoms with Crippen LogP contribution in [0.4, 0.5) is 0 Å². The van der Waals surface area contributed by atoms with Gasteiger partial charge in [-0.25, -0.2) is 0 Å². The Labute approximate surface area is 185 Å². The van der Waals surface area contributed by atoms with Crippen molar-refractivity contribution in [3.05, 3.63) is 24.3 Å². The van der Waals surface area contributed by atoms with E-state index < -0.39 is 0 Å². The third-order valence-corrected chi connectivity index (χ3v) is 7.25. The van der Waals surface area contributed by atoms with E-state index >= 15 is 0 Å². The highest BCUT2D eigenvalue weighted by Gasteiger charge is 2.30. The number of thioether (sulfide) groups is 1. The van der Waals surface area contributed by atoms with Crippen molar-refractivity contribution >= 4 is 40.4 Å². The van der Waals surface area contributed by atoms with Crippen LogP contribution in [-0.2, 0) is 16.1 Å². The quantitative estimate of drug-likeness (QED) is 0.596. The molecule has 0 bridgehead atoms. The number of piperidine rings is 1. The summed E-state index contributed by atoms with van der Waals surface area (Å²) < 4.78 is 3.91. The van der Waals surface area contributed by atoms with Crippen molar-refractivity contribution in [3.63, 3.8) is 0 Å². The van der Waals surface area contributed by atoms with Crippen molar-refractivity contribution in [1.29, 1.82) is 0 Å². The van der Waals surface area contributed by atoms with Crippen LogP contribution in [0.5, 0.6) is 0 Å². The molecule has 31 heavy (non-hydrogen) atoms. The molecule has 8 nitrogen and oxygen atoms in total. The number of benzene rings is 1. The van der Waals surface area contributed by atoms with Crippen molar-refractivity contribution in [1.82, 2.24) is 29.4 Å². The van der Waals surface area contributed by atoms with Crippen LogP contribution in [0.25, 0.3) is 16.8 Å². The van der Waals surface area contributed by atoms with E-state index in [4.69, 9.17) is 0 Å². The fourth-order valence-electron chi connectivity index (χ4n) is 4.64. The second-order valence-electron chi connectivity index (χ2n) is 8.75. The van der Waals surface area contributed by atoms with E-state index in [9.17, 15) is 9.59 Å². The number of nitrogens with one attached hydrogen (secondary N) is 1. The zero-order chi connectivity index (χ0) is 21.5. The Hall–Kier alpha value is -2.55. The summed E-state index contributed by atoms with van der Waals surface area (Å²) in [5, 5.41) is 12.4. The van der Waals surface area contributed by atoms with Gasteiger partial charge < -0.3 is 10.2 Å². The van der Waals surface area contributed by atoms with Crippen molar-refractivity contribution < 1.29 is 9.59 Å². The number of amides is 2. The van der Waals surface area contributed by atoms with Crippen LogP contribution in [-0.4, -0.2) is 59.8 Å². The number of likely N-dealkylation sites (tertiary alicyclic amines) is 1. The Kier molecular flexibility index (Phi) is 5.37. The van der Waals surface area contributed by atoms with E-state index in [1.54, 1.807) is 0 Å². The first kappa shape index (κ1) is 20.4. The second kappa shape index (κ2) is 8.18. The molecule has 2 amide bonds. The van der Waals surface area contributed by atoms with E-state index in [1.807, 2.05) is 38.1 Å². The summed E-state index contributed by atoms with van der Waals surface area (Å²) in [7, 11) is 0. The standard InChI is InChI=1S/C22H28N6O2S/c1-14-6-5-7-15(2)27(14)20(30)12-26-17-8-3-4-9-18(17)28-21(26)24-25-22(28)31-13-19(29)23-16-10-11-16/h3-4,8-9,14-16H,5-7,10-13H2,1-2H3,(H,23,29)/t14-,15-/m1/s1. The molecule has 0 spiro atoms. The maximum Gasteiger partial charge on any atom is 0.243 e. The Morgan fingerprint density at radius 2 is 1.77 bits per heavy atom. The van der Waals surface area contributed by atoms with Gasteiger partial charge in [-0.1, -0.05) is 23.9 Å². The molecule has 0 radical (unpaired) electrons. The highest BCUT2D eigenvalue weighted by atomic mass is 32.2. The van der Waals surface area contributed by atoms with Gasteiger partial charge in [0, 0.05) is 18.1 Å². The van der Waals surface area contributed by atoms with Gasteiger partial charge in [0.15, 0.2) is 5.16 Å². The number of hydrogen-bond acceptors (Lipinski definition) is 5. The number of hydrogen-bond donors (Lipinski definition) is 1. The topological polar surface area (TPSA) is 84.5 Å². The lowest BCUT2D eigenvalue weighted by Crippen LogP contribution is -2.48. The molecule has 1 aromatic carbocycles. The molecule has 3 aromatic rings. The minimum Gasteiger partial charge on any atom is -0.353 e. The number of aromatic nitrogens is 4. The Morgan fingerprint density at radius 1 is 1.06 bits per heavy atom. The summed E-state index contributed by atoms with van der Waals surface area (Å²) in [6, 6.07) is 8.81. The lowest BCUT2D eigenvalue weighted by molar-refractivity contribution is -0.137. The summed E-state index contributed by atoms with van der Waals surface area (Å²) in [4.78, 5) is 27.5. The average molecular weight is 441 g/mol. The van der Waals surface area contributed by atoms with Gasteiger partial charge in [0.25, 0.3) is 0 Å². The lowest BCUT2D eigenvalue weighted by atomic mass is 9.97. The van der Waals surface area contributed by atoms with Crippen LogP contribution in [0.15, 0.2) is 29.4 Å². The smallest absolute Gasteiger partial charge is 0.243 e. The average Bonchev–Trinajstić information content (AvgIpc) is 3.37. The molecule has 0 unspecified atom stereocenters. The first-order valence-corrected chi connectivity index (χ1v) is 12.1. The largest absolute Gasteiger partial charge is 0.353 e. The number of carbonyl (C=O) groups is 2. The minimum atomic E-state index is 0.0243. The number of para-hydroxylation sites is 2. The van der Waals surface area contributed by atoms with Crippen molar-refractivity contribution in [2.75, 3.05) is 5.75 Å². The van der Waals surface area contributed by atoms with Crippen LogP contribution in [0.3, 0.4) is 0 Å². The van der Waals surface area contributed by atoms with Crippen molar-refractivity contribution in [2.45, 2.75) is 75.8 Å². The Morgan fingerprint density at radius 3 is 2.48 bits per heavy atom. The van der Waals surface area contributed by atoms with Crippen LogP contribution < -0.4 is 5.32 Å². The molecule has 2 aromatic heterocycles. The zero-order valence-corrected chi connectivity index (χ0v) is 18.8. The predicted octanol–water partition coefficient (Wildman–Crippen LogP) is 2.84. The Balaban J connectivity index is 1.44. The van der Waals surface area contributed by atoms with Gasteiger partial charge >= 0.3 is 0 Å². The molecule has 2 fully saturated rings. The maximum atomic E-state index is 13.3. The molecule has 1 aliphatic carbocycles. The van der Waals surface area contributed by atoms with E-state index in [-0.39, 0.29) is 30.4 Å². The fraction of sp³-hybridized carbons (Fsp3) is 0.545. The molecule has 1 saturated heterocycles. The Bertz CT molecular complexity index is 1120. The number of carbonyl (C=O) groups excluding carboxylic acids is 2. The summed E-state index contributed by atoms with van der Waals surface area (Å²) in [5.74, 6) is 1.08. The van der Waals surface area contributed by atoms with E-state index in [1.165, 1.54) is 18.2 Å². The number of fused-ring (bicyclic) bond motifs is 3. The number of imidazole rings is 1. The summed E-state index contributed by atoms with van der Waals surface area (Å²) in [6.07, 6.45) is 5.41. The second-order valence-corrected chi connectivity index (χ2v) is 9.70. The maximum absolute atomic E-state index is 13.3. The lowest BCUT2D eigenvalue weighted by Gasteiger charge is -2.39. The molecule has 3 heterocycles. The third kappa shape index (κ3) is 3.91. The first-order valence-electron chi connectivity index (χ1n) is 11.1. The van der Waals surface area contributed by atoms with Gasteiger partial charge in [0.05, 0.1) is 16.8 Å². The monoisotopic (exact) mass is 440 g/mol. The third-order valence-electron chi connectivity index (χ3n) is 6.32. The highest BCUT2D eigenvalue weighted by molar-refractivity contribution is 7.99. The minimum absolute atomic E-state index is 0.0243. The number of rotatable bonds is 6. The normalized spacial score (nSPS) is 21.7. The van der Waals surface area contributed by atoms with Gasteiger partial charge in [-0.2, -0.15) is 0 Å². The van der Waals surface area contributed by atoms with E-state index in [0.29, 0.717) is 22.7 Å². The molecule has 1 aliphatic heterocycles. The highest BCUT2D eigenvalue weighted by Crippen LogP contribution is 2.28. The summed E-state index contributed by atoms with van der Waals surface area (Å²) >= 11 is 1.38. The fourth-order valence-corrected chi connectivity index (χ4v) is 5.39.